The Labute approximate surface area is 117 Å². The summed E-state index contributed by atoms with van der Waals surface area (Å²) >= 11 is 0. The maximum atomic E-state index is 12.1. The van der Waals surface area contributed by atoms with Gasteiger partial charge in [-0.15, -0.1) is 23.4 Å². The number of aromatic nitrogens is 4. The van der Waals surface area contributed by atoms with E-state index in [0.29, 0.717) is 17.8 Å². The van der Waals surface area contributed by atoms with Gasteiger partial charge in [-0.05, 0) is 22.9 Å². The van der Waals surface area contributed by atoms with Crippen molar-refractivity contribution >= 4 is 0 Å². The summed E-state index contributed by atoms with van der Waals surface area (Å²) in [6.45, 7) is 0. The minimum absolute atomic E-state index is 0.292. The number of alkyl halides is 3. The molecule has 1 unspecified atom stereocenters. The standard InChI is InChI=1S/C11H13F3N6O/c1-20-18-10(17-19-20)6-9(16-15)7-2-4-8(5-3-7)21-11(12,13)14/h2-5,9,16H,6,15H2,1H3. The van der Waals surface area contributed by atoms with E-state index < -0.39 is 6.36 Å². The molecule has 21 heavy (non-hydrogen) atoms. The molecule has 2 rings (SSSR count). The number of nitrogens with two attached hydrogens (primary N) is 1. The molecule has 0 aliphatic rings. The zero-order valence-electron chi connectivity index (χ0n) is 11.0. The highest BCUT2D eigenvalue weighted by Crippen LogP contribution is 2.25. The third-order valence-corrected chi connectivity index (χ3v) is 2.65. The Bertz CT molecular complexity index is 582. The minimum Gasteiger partial charge on any atom is -0.406 e. The molecule has 10 heteroatoms. The fourth-order valence-electron chi connectivity index (χ4n) is 1.76. The fraction of sp³-hybridized carbons (Fsp3) is 0.364. The Hall–Kier alpha value is -2.20. The van der Waals surface area contributed by atoms with E-state index in [1.807, 2.05) is 0 Å². The summed E-state index contributed by atoms with van der Waals surface area (Å²) in [5, 5.41) is 11.5. The maximum Gasteiger partial charge on any atom is 0.573 e. The van der Waals surface area contributed by atoms with E-state index in [-0.39, 0.29) is 11.8 Å². The van der Waals surface area contributed by atoms with Gasteiger partial charge < -0.3 is 4.74 Å². The minimum atomic E-state index is -4.71. The van der Waals surface area contributed by atoms with Crippen molar-refractivity contribution in [1.82, 2.24) is 25.6 Å². The fourth-order valence-corrected chi connectivity index (χ4v) is 1.76. The number of halogens is 3. The highest BCUT2D eigenvalue weighted by atomic mass is 19.4. The number of hydrogen-bond acceptors (Lipinski definition) is 6. The summed E-state index contributed by atoms with van der Waals surface area (Å²) in [5.74, 6) is 5.63. The third-order valence-electron chi connectivity index (χ3n) is 2.65. The van der Waals surface area contributed by atoms with Gasteiger partial charge in [-0.25, -0.2) is 0 Å². The average Bonchev–Trinajstić information content (AvgIpc) is 2.81. The van der Waals surface area contributed by atoms with Crippen molar-refractivity contribution in [3.05, 3.63) is 35.7 Å². The molecule has 0 aliphatic heterocycles. The van der Waals surface area contributed by atoms with Crippen LogP contribution < -0.4 is 16.0 Å². The molecule has 114 valence electrons. The van der Waals surface area contributed by atoms with Gasteiger partial charge in [0.25, 0.3) is 0 Å². The maximum absolute atomic E-state index is 12.1. The van der Waals surface area contributed by atoms with E-state index >= 15 is 0 Å². The van der Waals surface area contributed by atoms with Crippen LogP contribution in [-0.2, 0) is 13.5 Å². The van der Waals surface area contributed by atoms with Crippen molar-refractivity contribution in [3.63, 3.8) is 0 Å². The molecule has 0 amide bonds. The molecule has 1 aromatic heterocycles. The second-order valence-corrected chi connectivity index (χ2v) is 4.24. The van der Waals surface area contributed by atoms with Gasteiger partial charge in [0, 0.05) is 6.42 Å². The van der Waals surface area contributed by atoms with Gasteiger partial charge >= 0.3 is 6.36 Å². The van der Waals surface area contributed by atoms with E-state index in [1.54, 1.807) is 7.05 Å². The summed E-state index contributed by atoms with van der Waals surface area (Å²) in [4.78, 5) is 1.31. The average molecular weight is 302 g/mol. The molecule has 0 spiro atoms. The van der Waals surface area contributed by atoms with Gasteiger partial charge in [0.15, 0.2) is 5.82 Å². The summed E-state index contributed by atoms with van der Waals surface area (Å²) in [6.07, 6.45) is -4.36. The smallest absolute Gasteiger partial charge is 0.406 e. The van der Waals surface area contributed by atoms with Gasteiger partial charge in [0.05, 0.1) is 13.1 Å². The summed E-state index contributed by atoms with van der Waals surface area (Å²) in [5.41, 5.74) is 3.24. The molecule has 7 nitrogen and oxygen atoms in total. The Morgan fingerprint density at radius 2 is 2.00 bits per heavy atom. The summed E-state index contributed by atoms with van der Waals surface area (Å²) in [6, 6.07) is 5.06. The molecule has 0 saturated carbocycles. The number of ether oxygens (including phenoxy) is 1. The lowest BCUT2D eigenvalue weighted by Gasteiger charge is -2.15. The van der Waals surface area contributed by atoms with E-state index in [4.69, 9.17) is 5.84 Å². The number of benzene rings is 1. The molecule has 1 atom stereocenters. The lowest BCUT2D eigenvalue weighted by atomic mass is 10.0. The number of aryl methyl sites for hydroxylation is 1. The predicted molar refractivity (Wildman–Crippen MR) is 65.7 cm³/mol. The van der Waals surface area contributed by atoms with Gasteiger partial charge in [0.2, 0.25) is 0 Å². The van der Waals surface area contributed by atoms with Crippen LogP contribution in [0.4, 0.5) is 13.2 Å². The zero-order chi connectivity index (χ0) is 15.5. The lowest BCUT2D eigenvalue weighted by molar-refractivity contribution is -0.274. The lowest BCUT2D eigenvalue weighted by Crippen LogP contribution is -2.30. The molecule has 0 fully saturated rings. The molecular formula is C11H13F3N6O. The number of rotatable bonds is 5. The topological polar surface area (TPSA) is 90.9 Å². The van der Waals surface area contributed by atoms with Gasteiger partial charge in [0.1, 0.15) is 5.75 Å². The molecule has 0 bridgehead atoms. The van der Waals surface area contributed by atoms with Crippen molar-refractivity contribution in [2.24, 2.45) is 12.9 Å². The highest BCUT2D eigenvalue weighted by molar-refractivity contribution is 5.29. The third kappa shape index (κ3) is 4.39. The van der Waals surface area contributed by atoms with Crippen LogP contribution in [0.2, 0.25) is 0 Å². The van der Waals surface area contributed by atoms with Gasteiger partial charge in [-0.2, -0.15) is 4.80 Å². The number of nitrogens with zero attached hydrogens (tertiary/aromatic N) is 4. The largest absolute Gasteiger partial charge is 0.573 e. The van der Waals surface area contributed by atoms with Crippen molar-refractivity contribution in [1.29, 1.82) is 0 Å². The first kappa shape index (κ1) is 15.2. The first-order chi connectivity index (χ1) is 9.87. The number of hydrogen-bond donors (Lipinski definition) is 2. The molecule has 0 aliphatic carbocycles. The Kier molecular flexibility index (Phi) is 4.38. The van der Waals surface area contributed by atoms with Crippen LogP contribution >= 0.6 is 0 Å². The predicted octanol–water partition coefficient (Wildman–Crippen LogP) is 0.856. The Balaban J connectivity index is 2.08. The number of nitrogens with one attached hydrogen (secondary N) is 1. The summed E-state index contributed by atoms with van der Waals surface area (Å²) < 4.78 is 40.0. The first-order valence-corrected chi connectivity index (χ1v) is 5.92. The van der Waals surface area contributed by atoms with Crippen molar-refractivity contribution in [2.75, 3.05) is 0 Å². The first-order valence-electron chi connectivity index (χ1n) is 5.92. The SMILES string of the molecule is Cn1nnc(CC(NN)c2ccc(OC(F)(F)F)cc2)n1. The number of hydrazine groups is 1. The van der Waals surface area contributed by atoms with Crippen LogP contribution in [0.3, 0.4) is 0 Å². The van der Waals surface area contributed by atoms with E-state index in [2.05, 4.69) is 25.6 Å². The highest BCUT2D eigenvalue weighted by Gasteiger charge is 2.31. The van der Waals surface area contributed by atoms with Crippen LogP contribution in [0.1, 0.15) is 17.4 Å². The van der Waals surface area contributed by atoms with Crippen LogP contribution in [-0.4, -0.2) is 26.6 Å². The molecule has 1 heterocycles. The van der Waals surface area contributed by atoms with E-state index in [9.17, 15) is 13.2 Å². The molecule has 0 radical (unpaired) electrons. The molecular weight excluding hydrogens is 289 g/mol. The van der Waals surface area contributed by atoms with Crippen LogP contribution in [0, 0.1) is 0 Å². The normalized spacial score (nSPS) is 13.2. The zero-order valence-corrected chi connectivity index (χ0v) is 11.0. The molecule has 1 aromatic carbocycles. The second-order valence-electron chi connectivity index (χ2n) is 4.24. The Morgan fingerprint density at radius 3 is 2.48 bits per heavy atom. The van der Waals surface area contributed by atoms with E-state index in [1.165, 1.54) is 29.1 Å². The van der Waals surface area contributed by atoms with Crippen LogP contribution in [0.25, 0.3) is 0 Å². The van der Waals surface area contributed by atoms with Crippen LogP contribution in [0.15, 0.2) is 24.3 Å². The van der Waals surface area contributed by atoms with Gasteiger partial charge in [-0.1, -0.05) is 12.1 Å². The molecule has 0 saturated heterocycles. The van der Waals surface area contributed by atoms with Crippen molar-refractivity contribution in [3.8, 4) is 5.75 Å². The monoisotopic (exact) mass is 302 g/mol. The Morgan fingerprint density at radius 1 is 1.33 bits per heavy atom. The van der Waals surface area contributed by atoms with Crippen LogP contribution in [0.5, 0.6) is 5.75 Å². The molecule has 2 aromatic rings. The van der Waals surface area contributed by atoms with E-state index in [0.717, 1.165) is 0 Å². The second kappa shape index (κ2) is 6.06. The number of tetrazole rings is 1. The summed E-state index contributed by atoms with van der Waals surface area (Å²) in [7, 11) is 1.63. The van der Waals surface area contributed by atoms with Crippen molar-refractivity contribution in [2.45, 2.75) is 18.8 Å². The molecule has 3 N–H and O–H groups in total. The quantitative estimate of drug-likeness (QED) is 0.629. The van der Waals surface area contributed by atoms with Gasteiger partial charge in [-0.3, -0.25) is 11.3 Å². The van der Waals surface area contributed by atoms with Crippen molar-refractivity contribution < 1.29 is 17.9 Å².